The Morgan fingerprint density at radius 2 is 2.09 bits per heavy atom. The van der Waals surface area contributed by atoms with Gasteiger partial charge in [-0.2, -0.15) is 0 Å². The third-order valence-corrected chi connectivity index (χ3v) is 5.08. The minimum Gasteiger partial charge on any atom is -0.480 e. The molecule has 1 atom stereocenters. The molecule has 1 aliphatic rings. The Kier molecular flexibility index (Phi) is 6.80. The second-order valence-electron chi connectivity index (χ2n) is 5.66. The summed E-state index contributed by atoms with van der Waals surface area (Å²) >= 11 is 1.49. The van der Waals surface area contributed by atoms with Gasteiger partial charge in [-0.05, 0) is 37.3 Å². The van der Waals surface area contributed by atoms with E-state index < -0.39 is 12.0 Å². The van der Waals surface area contributed by atoms with Gasteiger partial charge in [-0.15, -0.1) is 17.9 Å². The van der Waals surface area contributed by atoms with Crippen molar-refractivity contribution < 1.29 is 19.4 Å². The van der Waals surface area contributed by atoms with Gasteiger partial charge in [-0.3, -0.25) is 4.79 Å². The molecule has 0 radical (unpaired) electrons. The fraction of sp³-hybridized carbons (Fsp3) is 0.529. The van der Waals surface area contributed by atoms with Crippen LogP contribution >= 0.6 is 11.3 Å². The highest BCUT2D eigenvalue weighted by molar-refractivity contribution is 7.14. The first-order valence-electron chi connectivity index (χ1n) is 7.95. The molecule has 6 heteroatoms. The maximum absolute atomic E-state index is 12.3. The molecule has 1 heterocycles. The predicted molar refractivity (Wildman–Crippen MR) is 90.1 cm³/mol. The Balaban J connectivity index is 2.02. The number of hydrogen-bond acceptors (Lipinski definition) is 4. The van der Waals surface area contributed by atoms with E-state index in [1.807, 2.05) is 6.07 Å². The van der Waals surface area contributed by atoms with Crippen molar-refractivity contribution in [2.24, 2.45) is 0 Å². The largest absolute Gasteiger partial charge is 0.480 e. The molecule has 2 rings (SSSR count). The number of aryl methyl sites for hydroxylation is 2. The molecule has 5 nitrogen and oxygen atoms in total. The Morgan fingerprint density at radius 1 is 1.35 bits per heavy atom. The van der Waals surface area contributed by atoms with E-state index in [2.05, 4.69) is 11.9 Å². The monoisotopic (exact) mass is 337 g/mol. The second kappa shape index (κ2) is 8.84. The van der Waals surface area contributed by atoms with Gasteiger partial charge >= 0.3 is 5.97 Å². The van der Waals surface area contributed by atoms with Crippen molar-refractivity contribution in [1.29, 1.82) is 0 Å². The molecule has 1 unspecified atom stereocenters. The summed E-state index contributed by atoms with van der Waals surface area (Å²) in [6.45, 7) is 3.69. The average molecular weight is 337 g/mol. The zero-order valence-corrected chi connectivity index (χ0v) is 14.0. The quantitative estimate of drug-likeness (QED) is 0.592. The van der Waals surface area contributed by atoms with Crippen molar-refractivity contribution in [1.82, 2.24) is 5.32 Å². The van der Waals surface area contributed by atoms with E-state index in [0.717, 1.165) is 25.7 Å². The van der Waals surface area contributed by atoms with E-state index in [4.69, 9.17) is 4.74 Å². The summed E-state index contributed by atoms with van der Waals surface area (Å²) in [5.74, 6) is -1.44. The highest BCUT2D eigenvalue weighted by atomic mass is 32.1. The first-order valence-corrected chi connectivity index (χ1v) is 8.77. The molecule has 2 N–H and O–H groups in total. The van der Waals surface area contributed by atoms with Crippen molar-refractivity contribution in [3.63, 3.8) is 0 Å². The fourth-order valence-electron chi connectivity index (χ4n) is 2.63. The van der Waals surface area contributed by atoms with Gasteiger partial charge in [0, 0.05) is 4.88 Å². The van der Waals surface area contributed by atoms with Crippen LogP contribution in [0.4, 0.5) is 0 Å². The number of aliphatic carboxylic acids is 1. The zero-order chi connectivity index (χ0) is 16.7. The SMILES string of the molecule is C=CCOCC(NC(=O)c1cc2c(s1)CCCCCC2)C(=O)O. The number of hydrogen-bond donors (Lipinski definition) is 2. The Labute approximate surface area is 140 Å². The van der Waals surface area contributed by atoms with Crippen LogP contribution in [-0.4, -0.2) is 36.2 Å². The minimum absolute atomic E-state index is 0.0712. The van der Waals surface area contributed by atoms with Crippen molar-refractivity contribution in [2.75, 3.05) is 13.2 Å². The number of carbonyl (C=O) groups is 2. The van der Waals surface area contributed by atoms with Crippen molar-refractivity contribution >= 4 is 23.2 Å². The molecule has 126 valence electrons. The lowest BCUT2D eigenvalue weighted by Crippen LogP contribution is -2.43. The predicted octanol–water partition coefficient (Wildman–Crippen LogP) is 2.79. The standard InChI is InChI=1S/C17H23NO4S/c1-2-9-22-11-13(17(20)21)18-16(19)15-10-12-7-5-3-4-6-8-14(12)23-15/h2,10,13H,1,3-9,11H2,(H,18,19)(H,20,21). The Bertz CT molecular complexity index is 541. The lowest BCUT2D eigenvalue weighted by atomic mass is 10.00. The number of fused-ring (bicyclic) bond motifs is 1. The number of ether oxygens (including phenoxy) is 1. The maximum Gasteiger partial charge on any atom is 0.328 e. The summed E-state index contributed by atoms with van der Waals surface area (Å²) in [6.07, 6.45) is 8.33. The molecule has 1 aliphatic carbocycles. The van der Waals surface area contributed by atoms with E-state index in [1.54, 1.807) is 6.08 Å². The molecule has 0 aromatic carbocycles. The second-order valence-corrected chi connectivity index (χ2v) is 6.80. The molecule has 0 saturated heterocycles. The number of nitrogens with one attached hydrogen (secondary N) is 1. The van der Waals surface area contributed by atoms with Crippen molar-refractivity contribution in [2.45, 2.75) is 44.6 Å². The summed E-state index contributed by atoms with van der Waals surface area (Å²) in [4.78, 5) is 25.4. The third-order valence-electron chi connectivity index (χ3n) is 3.84. The number of carboxylic acids is 1. The van der Waals surface area contributed by atoms with E-state index in [-0.39, 0.29) is 19.1 Å². The molecule has 1 aromatic rings. The Morgan fingerprint density at radius 3 is 2.78 bits per heavy atom. The van der Waals surface area contributed by atoms with E-state index in [9.17, 15) is 14.7 Å². The van der Waals surface area contributed by atoms with Crippen LogP contribution in [0.1, 0.15) is 45.8 Å². The lowest BCUT2D eigenvalue weighted by molar-refractivity contribution is -0.140. The highest BCUT2D eigenvalue weighted by Crippen LogP contribution is 2.28. The summed E-state index contributed by atoms with van der Waals surface area (Å²) in [5.41, 5.74) is 1.25. The smallest absolute Gasteiger partial charge is 0.328 e. The minimum atomic E-state index is -1.10. The van der Waals surface area contributed by atoms with Crippen molar-refractivity contribution in [3.05, 3.63) is 34.0 Å². The van der Waals surface area contributed by atoms with Crippen LogP contribution in [-0.2, 0) is 22.4 Å². The van der Waals surface area contributed by atoms with E-state index >= 15 is 0 Å². The van der Waals surface area contributed by atoms with Gasteiger partial charge in [0.2, 0.25) is 0 Å². The molecule has 0 bridgehead atoms. The normalized spacial score (nSPS) is 15.8. The number of amides is 1. The van der Waals surface area contributed by atoms with E-state index in [1.165, 1.54) is 34.6 Å². The van der Waals surface area contributed by atoms with Crippen LogP contribution in [0.25, 0.3) is 0 Å². The molecule has 0 fully saturated rings. The number of carbonyl (C=O) groups excluding carboxylic acids is 1. The van der Waals surface area contributed by atoms with Crippen LogP contribution in [0.3, 0.4) is 0 Å². The van der Waals surface area contributed by atoms with Gasteiger partial charge in [0.25, 0.3) is 5.91 Å². The van der Waals surface area contributed by atoms with Gasteiger partial charge in [-0.1, -0.05) is 18.9 Å². The van der Waals surface area contributed by atoms with Crippen molar-refractivity contribution in [3.8, 4) is 0 Å². The fourth-order valence-corrected chi connectivity index (χ4v) is 3.79. The number of rotatable bonds is 7. The van der Waals surface area contributed by atoms with Gasteiger partial charge in [0.15, 0.2) is 6.04 Å². The zero-order valence-electron chi connectivity index (χ0n) is 13.2. The summed E-state index contributed by atoms with van der Waals surface area (Å²) < 4.78 is 5.15. The topological polar surface area (TPSA) is 75.6 Å². The molecule has 0 aliphatic heterocycles. The molecule has 0 saturated carbocycles. The third kappa shape index (κ3) is 5.18. The lowest BCUT2D eigenvalue weighted by Gasteiger charge is -2.13. The van der Waals surface area contributed by atoms with Gasteiger partial charge in [-0.25, -0.2) is 4.79 Å². The first-order chi connectivity index (χ1) is 11.1. The molecule has 1 amide bonds. The van der Waals surface area contributed by atoms with Gasteiger partial charge in [0.05, 0.1) is 18.1 Å². The average Bonchev–Trinajstić information content (AvgIpc) is 2.88. The Hall–Kier alpha value is -1.66. The van der Waals surface area contributed by atoms with Gasteiger partial charge < -0.3 is 15.2 Å². The number of carboxylic acid groups (broad SMARTS) is 1. The molecule has 23 heavy (non-hydrogen) atoms. The maximum atomic E-state index is 12.3. The van der Waals surface area contributed by atoms with Crippen LogP contribution in [0.5, 0.6) is 0 Å². The summed E-state index contributed by atoms with van der Waals surface area (Å²) in [5, 5.41) is 11.7. The van der Waals surface area contributed by atoms with Crippen LogP contribution in [0.15, 0.2) is 18.7 Å². The van der Waals surface area contributed by atoms with Crippen LogP contribution in [0, 0.1) is 0 Å². The first kappa shape index (κ1) is 17.7. The van der Waals surface area contributed by atoms with Crippen LogP contribution < -0.4 is 5.32 Å². The van der Waals surface area contributed by atoms with Crippen LogP contribution in [0.2, 0.25) is 0 Å². The van der Waals surface area contributed by atoms with Gasteiger partial charge in [0.1, 0.15) is 0 Å². The summed E-state index contributed by atoms with van der Waals surface area (Å²) in [7, 11) is 0. The molecule has 1 aromatic heterocycles. The van der Waals surface area contributed by atoms with E-state index in [0.29, 0.717) is 4.88 Å². The highest BCUT2D eigenvalue weighted by Gasteiger charge is 2.23. The molecule has 0 spiro atoms. The molecular formula is C17H23NO4S. The number of thiophene rings is 1. The summed E-state index contributed by atoms with van der Waals surface area (Å²) in [6, 6.07) is 0.872. The molecular weight excluding hydrogens is 314 g/mol.